The monoisotopic (exact) mass is 117 g/mol. The van der Waals surface area contributed by atoms with Gasteiger partial charge < -0.3 is 5.73 Å². The number of nitrogens with one attached hydrogen (secondary N) is 2. The van der Waals surface area contributed by atoms with Crippen molar-refractivity contribution in [3.05, 3.63) is 0 Å². The number of carbonyl (C=O) groups is 1. The van der Waals surface area contributed by atoms with Crippen LogP contribution in [0.5, 0.6) is 0 Å². The lowest BCUT2D eigenvalue weighted by molar-refractivity contribution is -0.119. The lowest BCUT2D eigenvalue weighted by Crippen LogP contribution is -2.38. The molecule has 0 aliphatic rings. The van der Waals surface area contributed by atoms with E-state index in [0.29, 0.717) is 13.1 Å². The van der Waals surface area contributed by atoms with Gasteiger partial charge in [-0.2, -0.15) is 0 Å². The van der Waals surface area contributed by atoms with Gasteiger partial charge in [0, 0.05) is 20.0 Å². The second-order valence-electron chi connectivity index (χ2n) is 1.40. The van der Waals surface area contributed by atoms with Crippen LogP contribution in [0.1, 0.15) is 6.92 Å². The number of hydrogen-bond donors (Lipinski definition) is 3. The second-order valence-corrected chi connectivity index (χ2v) is 1.40. The van der Waals surface area contributed by atoms with Gasteiger partial charge in [-0.05, 0) is 0 Å². The van der Waals surface area contributed by atoms with Gasteiger partial charge in [-0.3, -0.25) is 10.2 Å². The molecule has 0 aromatic carbocycles. The van der Waals surface area contributed by atoms with Crippen LogP contribution in [0.25, 0.3) is 0 Å². The summed E-state index contributed by atoms with van der Waals surface area (Å²) in [6.45, 7) is 2.57. The van der Waals surface area contributed by atoms with Gasteiger partial charge in [0.15, 0.2) is 0 Å². The fraction of sp³-hybridized carbons (Fsp3) is 0.750. The highest BCUT2D eigenvalue weighted by Crippen LogP contribution is 1.51. The Labute approximate surface area is 48.4 Å². The zero-order valence-electron chi connectivity index (χ0n) is 4.90. The standard InChI is InChI=1S/C4H11N3O/c1-4(8)7-6-3-2-5/h6H,2-3,5H2,1H3,(H,7,8). The van der Waals surface area contributed by atoms with E-state index in [0.717, 1.165) is 0 Å². The van der Waals surface area contributed by atoms with Crippen LogP contribution >= 0.6 is 0 Å². The number of hydrogen-bond acceptors (Lipinski definition) is 3. The molecule has 8 heavy (non-hydrogen) atoms. The molecule has 4 N–H and O–H groups in total. The van der Waals surface area contributed by atoms with Crippen LogP contribution in [-0.4, -0.2) is 19.0 Å². The third kappa shape index (κ3) is 5.39. The summed E-state index contributed by atoms with van der Waals surface area (Å²) < 4.78 is 0. The Morgan fingerprint density at radius 1 is 1.75 bits per heavy atom. The quantitative estimate of drug-likeness (QED) is 0.314. The SMILES string of the molecule is CC(=O)NNCCN. The lowest BCUT2D eigenvalue weighted by atomic mass is 10.7. The first kappa shape index (κ1) is 7.39. The van der Waals surface area contributed by atoms with Crippen molar-refractivity contribution in [3.8, 4) is 0 Å². The molecular formula is C4H11N3O. The van der Waals surface area contributed by atoms with Crippen LogP contribution in [0.15, 0.2) is 0 Å². The van der Waals surface area contributed by atoms with Crippen molar-refractivity contribution in [2.24, 2.45) is 5.73 Å². The van der Waals surface area contributed by atoms with Crippen molar-refractivity contribution >= 4 is 5.91 Å². The molecule has 0 aliphatic heterocycles. The van der Waals surface area contributed by atoms with Gasteiger partial charge in [0.1, 0.15) is 0 Å². The van der Waals surface area contributed by atoms with Crippen molar-refractivity contribution < 1.29 is 4.79 Å². The van der Waals surface area contributed by atoms with Gasteiger partial charge in [0.2, 0.25) is 5.91 Å². The van der Waals surface area contributed by atoms with Gasteiger partial charge in [-0.1, -0.05) is 0 Å². The highest BCUT2D eigenvalue weighted by atomic mass is 16.2. The van der Waals surface area contributed by atoms with Crippen LogP contribution in [0, 0.1) is 0 Å². The first-order valence-electron chi connectivity index (χ1n) is 2.47. The molecule has 0 radical (unpaired) electrons. The Morgan fingerprint density at radius 2 is 2.38 bits per heavy atom. The molecule has 4 nitrogen and oxygen atoms in total. The lowest BCUT2D eigenvalue weighted by Gasteiger charge is -1.99. The van der Waals surface area contributed by atoms with E-state index in [2.05, 4.69) is 10.9 Å². The predicted molar refractivity (Wildman–Crippen MR) is 30.9 cm³/mol. The Hall–Kier alpha value is -0.610. The molecule has 0 spiro atoms. The average Bonchev–Trinajstić information content (AvgIpc) is 1.66. The molecule has 0 bridgehead atoms. The summed E-state index contributed by atoms with van der Waals surface area (Å²) in [7, 11) is 0. The maximum absolute atomic E-state index is 10.1. The van der Waals surface area contributed by atoms with E-state index in [1.807, 2.05) is 0 Å². The van der Waals surface area contributed by atoms with Gasteiger partial charge in [-0.15, -0.1) is 0 Å². The number of hydrazine groups is 1. The Kier molecular flexibility index (Phi) is 4.20. The Morgan fingerprint density at radius 3 is 2.75 bits per heavy atom. The fourth-order valence-electron chi connectivity index (χ4n) is 0.259. The summed E-state index contributed by atoms with van der Waals surface area (Å²) in [6, 6.07) is 0. The summed E-state index contributed by atoms with van der Waals surface area (Å²) in [5.41, 5.74) is 10.1. The summed E-state index contributed by atoms with van der Waals surface area (Å²) >= 11 is 0. The first-order valence-corrected chi connectivity index (χ1v) is 2.47. The maximum atomic E-state index is 10.1. The number of carbonyl (C=O) groups excluding carboxylic acids is 1. The molecule has 0 aromatic rings. The Balaban J connectivity index is 2.82. The van der Waals surface area contributed by atoms with Gasteiger partial charge in [-0.25, -0.2) is 5.43 Å². The van der Waals surface area contributed by atoms with Gasteiger partial charge >= 0.3 is 0 Å². The third-order valence-corrected chi connectivity index (χ3v) is 0.534. The molecular weight excluding hydrogens is 106 g/mol. The molecule has 0 saturated heterocycles. The van der Waals surface area contributed by atoms with E-state index >= 15 is 0 Å². The molecule has 0 aliphatic carbocycles. The zero-order valence-corrected chi connectivity index (χ0v) is 4.90. The largest absolute Gasteiger partial charge is 0.329 e. The molecule has 0 saturated carbocycles. The van der Waals surface area contributed by atoms with Crippen molar-refractivity contribution in [1.82, 2.24) is 10.9 Å². The van der Waals surface area contributed by atoms with E-state index in [9.17, 15) is 4.79 Å². The number of amides is 1. The van der Waals surface area contributed by atoms with Crippen LogP contribution in [0.2, 0.25) is 0 Å². The van der Waals surface area contributed by atoms with Crippen LogP contribution in [0.3, 0.4) is 0 Å². The summed E-state index contributed by atoms with van der Waals surface area (Å²) in [5.74, 6) is -0.0987. The summed E-state index contributed by atoms with van der Waals surface area (Å²) in [4.78, 5) is 10.1. The van der Waals surface area contributed by atoms with Gasteiger partial charge in [0.05, 0.1) is 0 Å². The number of nitrogens with two attached hydrogens (primary N) is 1. The average molecular weight is 117 g/mol. The molecule has 48 valence electrons. The minimum atomic E-state index is -0.0987. The summed E-state index contributed by atoms with van der Waals surface area (Å²) in [5, 5.41) is 0. The smallest absolute Gasteiger partial charge is 0.230 e. The zero-order chi connectivity index (χ0) is 6.41. The first-order chi connectivity index (χ1) is 3.77. The number of rotatable bonds is 3. The van der Waals surface area contributed by atoms with Crippen LogP contribution in [0.4, 0.5) is 0 Å². The van der Waals surface area contributed by atoms with Crippen molar-refractivity contribution in [2.75, 3.05) is 13.1 Å². The van der Waals surface area contributed by atoms with E-state index in [4.69, 9.17) is 5.73 Å². The molecule has 0 heterocycles. The summed E-state index contributed by atoms with van der Waals surface area (Å²) in [6.07, 6.45) is 0. The maximum Gasteiger partial charge on any atom is 0.230 e. The van der Waals surface area contributed by atoms with E-state index < -0.39 is 0 Å². The van der Waals surface area contributed by atoms with Crippen molar-refractivity contribution in [1.29, 1.82) is 0 Å². The fourth-order valence-corrected chi connectivity index (χ4v) is 0.259. The Bertz CT molecular complexity index is 73.7. The highest BCUT2D eigenvalue weighted by Gasteiger charge is 1.83. The molecule has 0 aromatic heterocycles. The highest BCUT2D eigenvalue weighted by molar-refractivity contribution is 5.72. The van der Waals surface area contributed by atoms with Crippen molar-refractivity contribution in [3.63, 3.8) is 0 Å². The molecule has 0 unspecified atom stereocenters. The predicted octanol–water partition coefficient (Wildman–Crippen LogP) is -1.41. The normalized spacial score (nSPS) is 8.75. The van der Waals surface area contributed by atoms with Gasteiger partial charge in [0.25, 0.3) is 0 Å². The molecule has 0 rings (SSSR count). The third-order valence-electron chi connectivity index (χ3n) is 0.534. The van der Waals surface area contributed by atoms with Crippen LogP contribution in [-0.2, 0) is 4.79 Å². The topological polar surface area (TPSA) is 67.2 Å². The second kappa shape index (κ2) is 4.55. The van der Waals surface area contributed by atoms with Crippen molar-refractivity contribution in [2.45, 2.75) is 6.92 Å². The molecule has 0 atom stereocenters. The van der Waals surface area contributed by atoms with E-state index in [1.165, 1.54) is 6.92 Å². The van der Waals surface area contributed by atoms with E-state index in [1.54, 1.807) is 0 Å². The minimum absolute atomic E-state index is 0.0987. The molecule has 4 heteroatoms. The van der Waals surface area contributed by atoms with E-state index in [-0.39, 0.29) is 5.91 Å². The molecule has 0 fully saturated rings. The van der Waals surface area contributed by atoms with Crippen LogP contribution < -0.4 is 16.6 Å². The molecule has 1 amide bonds. The minimum Gasteiger partial charge on any atom is -0.329 e.